The highest BCUT2D eigenvalue weighted by molar-refractivity contribution is 6.05. The van der Waals surface area contributed by atoms with E-state index < -0.39 is 0 Å². The Morgan fingerprint density at radius 1 is 0.778 bits per heavy atom. The molecule has 90 valence electrons. The summed E-state index contributed by atoms with van der Waals surface area (Å²) in [6.07, 6.45) is 0.487. The Bertz CT molecular complexity index is 656. The first kappa shape index (κ1) is 11.2. The third-order valence-corrected chi connectivity index (χ3v) is 3.66. The lowest BCUT2D eigenvalue weighted by Gasteiger charge is -2.13. The van der Waals surface area contributed by atoms with Crippen molar-refractivity contribution in [1.29, 1.82) is 0 Å². The third-order valence-electron chi connectivity index (χ3n) is 3.66. The first-order valence-electron chi connectivity index (χ1n) is 6.28. The average Bonchev–Trinajstić information content (AvgIpc) is 2.43. The van der Waals surface area contributed by atoms with Gasteiger partial charge in [-0.3, -0.25) is 4.39 Å². The van der Waals surface area contributed by atoms with Crippen LogP contribution in [0.4, 0.5) is 4.39 Å². The van der Waals surface area contributed by atoms with Crippen LogP contribution in [0, 0.1) is 6.92 Å². The fraction of sp³-hybridized carbons (Fsp3) is 0.176. The van der Waals surface area contributed by atoms with Crippen molar-refractivity contribution in [3.05, 3.63) is 59.7 Å². The first-order valence-corrected chi connectivity index (χ1v) is 6.28. The van der Waals surface area contributed by atoms with Gasteiger partial charge < -0.3 is 0 Å². The van der Waals surface area contributed by atoms with Crippen LogP contribution in [0.3, 0.4) is 0 Å². The molecule has 18 heavy (non-hydrogen) atoms. The lowest BCUT2D eigenvalue weighted by atomic mass is 9.91. The zero-order valence-corrected chi connectivity index (χ0v) is 10.4. The Balaban J connectivity index is 2.54. The van der Waals surface area contributed by atoms with E-state index in [1.54, 1.807) is 0 Å². The Morgan fingerprint density at radius 2 is 1.22 bits per heavy atom. The molecular weight excluding hydrogens is 223 g/mol. The summed E-state index contributed by atoms with van der Waals surface area (Å²) in [6.45, 7) is 1.83. The van der Waals surface area contributed by atoms with E-state index in [-0.39, 0.29) is 6.67 Å². The molecule has 3 aromatic rings. The second-order valence-corrected chi connectivity index (χ2v) is 4.63. The number of aryl methyl sites for hydroxylation is 2. The Hall–Kier alpha value is -1.89. The van der Waals surface area contributed by atoms with E-state index in [1.807, 2.05) is 24.3 Å². The molecule has 0 aromatic heterocycles. The number of hydrogen-bond acceptors (Lipinski definition) is 0. The molecular formula is C17H15F. The summed E-state index contributed by atoms with van der Waals surface area (Å²) >= 11 is 0. The summed E-state index contributed by atoms with van der Waals surface area (Å²) < 4.78 is 12.8. The molecule has 0 aliphatic carbocycles. The minimum absolute atomic E-state index is 0.308. The lowest BCUT2D eigenvalue weighted by Crippen LogP contribution is -1.94. The van der Waals surface area contributed by atoms with Gasteiger partial charge in [-0.1, -0.05) is 48.5 Å². The fourth-order valence-corrected chi connectivity index (χ4v) is 2.80. The molecule has 0 atom stereocenters. The van der Waals surface area contributed by atoms with Gasteiger partial charge in [-0.05, 0) is 39.6 Å². The zero-order chi connectivity index (χ0) is 12.5. The molecule has 0 aliphatic rings. The highest BCUT2D eigenvalue weighted by atomic mass is 19.1. The van der Waals surface area contributed by atoms with Crippen LogP contribution in [0.25, 0.3) is 21.5 Å². The van der Waals surface area contributed by atoms with Gasteiger partial charge in [-0.15, -0.1) is 0 Å². The van der Waals surface area contributed by atoms with Gasteiger partial charge in [-0.25, -0.2) is 0 Å². The minimum atomic E-state index is -0.308. The minimum Gasteiger partial charge on any atom is -0.251 e. The predicted octanol–water partition coefficient (Wildman–Crippen LogP) is 4.81. The van der Waals surface area contributed by atoms with E-state index in [2.05, 4.69) is 31.2 Å². The quantitative estimate of drug-likeness (QED) is 0.562. The summed E-state index contributed by atoms with van der Waals surface area (Å²) in [6, 6.07) is 16.6. The van der Waals surface area contributed by atoms with Crippen LogP contribution in [0.1, 0.15) is 11.1 Å². The van der Waals surface area contributed by atoms with Gasteiger partial charge in [0, 0.05) is 6.42 Å². The number of hydrogen-bond donors (Lipinski definition) is 0. The number of benzene rings is 3. The molecule has 0 nitrogen and oxygen atoms in total. The number of halogens is 1. The second-order valence-electron chi connectivity index (χ2n) is 4.63. The largest absolute Gasteiger partial charge is 0.251 e. The molecule has 0 saturated heterocycles. The normalized spacial score (nSPS) is 11.2. The van der Waals surface area contributed by atoms with E-state index in [9.17, 15) is 4.39 Å². The smallest absolute Gasteiger partial charge is 0.0935 e. The highest BCUT2D eigenvalue weighted by Crippen LogP contribution is 2.32. The number of alkyl halides is 1. The molecule has 0 aliphatic heterocycles. The van der Waals surface area contributed by atoms with Crippen molar-refractivity contribution in [2.45, 2.75) is 13.3 Å². The van der Waals surface area contributed by atoms with Crippen molar-refractivity contribution < 1.29 is 4.39 Å². The topological polar surface area (TPSA) is 0 Å². The maximum Gasteiger partial charge on any atom is 0.0935 e. The van der Waals surface area contributed by atoms with Crippen LogP contribution in [0.5, 0.6) is 0 Å². The van der Waals surface area contributed by atoms with Gasteiger partial charge >= 0.3 is 0 Å². The molecule has 0 unspecified atom stereocenters. The van der Waals surface area contributed by atoms with Gasteiger partial charge in [0.15, 0.2) is 0 Å². The standard InChI is InChI=1S/C17H15F/c1-12-13-6-2-4-8-15(13)17(10-11-18)16-9-5-3-7-14(12)16/h2-9H,10-11H2,1H3. The Labute approximate surface area is 106 Å². The third kappa shape index (κ3) is 1.59. The van der Waals surface area contributed by atoms with E-state index in [1.165, 1.54) is 27.1 Å². The number of fused-ring (bicyclic) bond motifs is 2. The van der Waals surface area contributed by atoms with Crippen molar-refractivity contribution in [2.75, 3.05) is 6.67 Å². The second kappa shape index (κ2) is 4.41. The maximum atomic E-state index is 12.8. The monoisotopic (exact) mass is 238 g/mol. The molecule has 0 N–H and O–H groups in total. The van der Waals surface area contributed by atoms with E-state index >= 15 is 0 Å². The molecule has 0 fully saturated rings. The molecule has 0 bridgehead atoms. The summed E-state index contributed by atoms with van der Waals surface area (Å²) in [5.41, 5.74) is 2.41. The average molecular weight is 238 g/mol. The van der Waals surface area contributed by atoms with Crippen LogP contribution in [0.2, 0.25) is 0 Å². The SMILES string of the molecule is Cc1c2ccccc2c(CCF)c2ccccc12. The molecule has 1 heteroatoms. The van der Waals surface area contributed by atoms with Crippen molar-refractivity contribution in [1.82, 2.24) is 0 Å². The van der Waals surface area contributed by atoms with Gasteiger partial charge in [0.2, 0.25) is 0 Å². The van der Waals surface area contributed by atoms with E-state index in [4.69, 9.17) is 0 Å². The first-order chi connectivity index (χ1) is 8.83. The van der Waals surface area contributed by atoms with Crippen LogP contribution in [-0.4, -0.2) is 6.67 Å². The van der Waals surface area contributed by atoms with Crippen LogP contribution < -0.4 is 0 Å². The molecule has 0 heterocycles. The highest BCUT2D eigenvalue weighted by Gasteiger charge is 2.10. The number of rotatable bonds is 2. The molecule has 0 radical (unpaired) electrons. The molecule has 0 saturated carbocycles. The molecule has 3 rings (SSSR count). The molecule has 0 spiro atoms. The summed E-state index contributed by atoms with van der Waals surface area (Å²) in [4.78, 5) is 0. The van der Waals surface area contributed by atoms with Crippen molar-refractivity contribution in [3.8, 4) is 0 Å². The van der Waals surface area contributed by atoms with Crippen LogP contribution >= 0.6 is 0 Å². The lowest BCUT2D eigenvalue weighted by molar-refractivity contribution is 0.497. The van der Waals surface area contributed by atoms with E-state index in [0.717, 1.165) is 5.56 Å². The van der Waals surface area contributed by atoms with Gasteiger partial charge in [0.25, 0.3) is 0 Å². The maximum absolute atomic E-state index is 12.8. The Kier molecular flexibility index (Phi) is 2.75. The molecule has 3 aromatic carbocycles. The molecule has 0 amide bonds. The summed E-state index contributed by atoms with van der Waals surface area (Å²) in [5.74, 6) is 0. The van der Waals surface area contributed by atoms with Gasteiger partial charge in [0.1, 0.15) is 0 Å². The van der Waals surface area contributed by atoms with Crippen LogP contribution in [0.15, 0.2) is 48.5 Å². The van der Waals surface area contributed by atoms with Crippen molar-refractivity contribution in [2.24, 2.45) is 0 Å². The summed E-state index contributed by atoms with van der Waals surface area (Å²) in [7, 11) is 0. The van der Waals surface area contributed by atoms with Crippen molar-refractivity contribution in [3.63, 3.8) is 0 Å². The fourth-order valence-electron chi connectivity index (χ4n) is 2.80. The predicted molar refractivity (Wildman–Crippen MR) is 75.9 cm³/mol. The Morgan fingerprint density at radius 3 is 1.67 bits per heavy atom. The van der Waals surface area contributed by atoms with E-state index in [0.29, 0.717) is 6.42 Å². The summed E-state index contributed by atoms with van der Waals surface area (Å²) in [5, 5.41) is 4.84. The van der Waals surface area contributed by atoms with Gasteiger partial charge in [-0.2, -0.15) is 0 Å². The van der Waals surface area contributed by atoms with Gasteiger partial charge in [0.05, 0.1) is 6.67 Å². The van der Waals surface area contributed by atoms with Crippen LogP contribution in [-0.2, 0) is 6.42 Å². The van der Waals surface area contributed by atoms with Crippen molar-refractivity contribution >= 4 is 21.5 Å². The zero-order valence-electron chi connectivity index (χ0n) is 10.4.